The minimum absolute atomic E-state index is 0.0718. The van der Waals surface area contributed by atoms with E-state index in [0.29, 0.717) is 11.4 Å². The summed E-state index contributed by atoms with van der Waals surface area (Å²) in [5.41, 5.74) is 3.17. The largest absolute Gasteiger partial charge is 0.455 e. The molecule has 0 aliphatic carbocycles. The molecule has 6 nitrogen and oxygen atoms in total. The summed E-state index contributed by atoms with van der Waals surface area (Å²) in [6.45, 7) is 2.11. The molecule has 0 bridgehead atoms. The van der Waals surface area contributed by atoms with Crippen LogP contribution in [-0.2, 0) is 11.3 Å². The quantitative estimate of drug-likeness (QED) is 0.419. The van der Waals surface area contributed by atoms with Crippen molar-refractivity contribution >= 4 is 17.3 Å². The van der Waals surface area contributed by atoms with Gasteiger partial charge >= 0.3 is 5.97 Å². The van der Waals surface area contributed by atoms with Gasteiger partial charge in [0.1, 0.15) is 22.9 Å². The van der Waals surface area contributed by atoms with E-state index in [4.69, 9.17) is 9.47 Å². The van der Waals surface area contributed by atoms with E-state index < -0.39 is 5.97 Å². The molecule has 3 aromatic heterocycles. The number of nitrogens with zero attached hydrogens (tertiary/aromatic N) is 3. The number of ether oxygens (including phenoxy) is 2. The topological polar surface area (TPSA) is 74.2 Å². The lowest BCUT2D eigenvalue weighted by atomic mass is 10.2. The summed E-state index contributed by atoms with van der Waals surface area (Å²) in [4.78, 5) is 25.2. The minimum Gasteiger partial charge on any atom is -0.455 e. The van der Waals surface area contributed by atoms with Crippen LogP contribution >= 0.6 is 11.3 Å². The van der Waals surface area contributed by atoms with E-state index in [1.807, 2.05) is 36.6 Å². The van der Waals surface area contributed by atoms with Crippen LogP contribution in [0.2, 0.25) is 0 Å². The lowest BCUT2D eigenvalue weighted by Gasteiger charge is -2.09. The third kappa shape index (κ3) is 4.64. The van der Waals surface area contributed by atoms with Crippen LogP contribution in [0.25, 0.3) is 10.6 Å². The fraction of sp³-hybridized carbons (Fsp3) is 0.0909. The van der Waals surface area contributed by atoms with E-state index in [1.54, 1.807) is 42.9 Å². The molecular weight excluding hydrogens is 386 g/mol. The van der Waals surface area contributed by atoms with Gasteiger partial charge in [-0.3, -0.25) is 4.98 Å². The zero-order valence-electron chi connectivity index (χ0n) is 15.6. The molecule has 1 aromatic carbocycles. The number of carbonyl (C=O) groups excluding carboxylic acids is 1. The van der Waals surface area contributed by atoms with Crippen molar-refractivity contribution in [1.82, 2.24) is 15.0 Å². The van der Waals surface area contributed by atoms with Crippen LogP contribution in [-0.4, -0.2) is 20.9 Å². The van der Waals surface area contributed by atoms with Gasteiger partial charge in [-0.1, -0.05) is 29.8 Å². The summed E-state index contributed by atoms with van der Waals surface area (Å²) in [5, 5.41) is 2.77. The number of thiazole rings is 1. The number of esters is 1. The van der Waals surface area contributed by atoms with Crippen LogP contribution in [0.15, 0.2) is 72.5 Å². The molecule has 0 fully saturated rings. The monoisotopic (exact) mass is 403 g/mol. The Morgan fingerprint density at radius 1 is 1.07 bits per heavy atom. The molecule has 3 heterocycles. The highest BCUT2D eigenvalue weighted by molar-refractivity contribution is 7.13. The van der Waals surface area contributed by atoms with Crippen molar-refractivity contribution in [3.05, 3.63) is 89.3 Å². The number of carbonyl (C=O) groups is 1. The van der Waals surface area contributed by atoms with Crippen molar-refractivity contribution in [3.8, 4) is 22.2 Å². The molecule has 0 aliphatic rings. The van der Waals surface area contributed by atoms with Gasteiger partial charge in [0.25, 0.3) is 0 Å². The standard InChI is InChI=1S/C22H17N3O3S/c1-15-6-8-16(9-7-15)21-25-17(14-29-21)13-27-22(26)19-5-3-11-24-20(19)28-18-4-2-10-23-12-18/h2-12,14H,13H2,1H3. The minimum atomic E-state index is -0.526. The second-order valence-corrected chi connectivity index (χ2v) is 7.09. The Hall–Kier alpha value is -3.58. The molecule has 0 saturated heterocycles. The summed E-state index contributed by atoms with van der Waals surface area (Å²) >= 11 is 1.51. The van der Waals surface area contributed by atoms with Gasteiger partial charge in [0.15, 0.2) is 0 Å². The van der Waals surface area contributed by atoms with E-state index in [9.17, 15) is 4.79 Å². The van der Waals surface area contributed by atoms with Gasteiger partial charge < -0.3 is 9.47 Å². The number of aromatic nitrogens is 3. The van der Waals surface area contributed by atoms with Crippen LogP contribution in [0, 0.1) is 6.92 Å². The molecule has 0 spiro atoms. The van der Waals surface area contributed by atoms with Crippen LogP contribution in [0.1, 0.15) is 21.6 Å². The van der Waals surface area contributed by atoms with Gasteiger partial charge in [0.05, 0.1) is 11.9 Å². The van der Waals surface area contributed by atoms with Gasteiger partial charge in [0.2, 0.25) is 5.88 Å². The maximum absolute atomic E-state index is 12.6. The summed E-state index contributed by atoms with van der Waals surface area (Å²) in [7, 11) is 0. The van der Waals surface area contributed by atoms with Gasteiger partial charge in [-0.2, -0.15) is 0 Å². The summed E-state index contributed by atoms with van der Waals surface area (Å²) in [6.07, 6.45) is 4.74. The Morgan fingerprint density at radius 3 is 2.69 bits per heavy atom. The van der Waals surface area contributed by atoms with Crippen molar-refractivity contribution in [3.63, 3.8) is 0 Å². The Kier molecular flexibility index (Phi) is 5.58. The molecular formula is C22H17N3O3S. The number of pyridine rings is 2. The van der Waals surface area contributed by atoms with Crippen LogP contribution in [0.4, 0.5) is 0 Å². The second kappa shape index (κ2) is 8.62. The number of aryl methyl sites for hydroxylation is 1. The Morgan fingerprint density at radius 2 is 1.90 bits per heavy atom. The van der Waals surface area contributed by atoms with Gasteiger partial charge in [0, 0.05) is 23.3 Å². The zero-order valence-corrected chi connectivity index (χ0v) is 16.4. The lowest BCUT2D eigenvalue weighted by Crippen LogP contribution is -2.08. The molecule has 0 amide bonds. The van der Waals surface area contributed by atoms with Crippen molar-refractivity contribution in [1.29, 1.82) is 0 Å². The molecule has 0 unspecified atom stereocenters. The maximum atomic E-state index is 12.6. The Balaban J connectivity index is 1.43. The molecule has 29 heavy (non-hydrogen) atoms. The highest BCUT2D eigenvalue weighted by Crippen LogP contribution is 2.25. The number of hydrogen-bond donors (Lipinski definition) is 0. The Bertz CT molecular complexity index is 1110. The van der Waals surface area contributed by atoms with E-state index in [2.05, 4.69) is 15.0 Å². The molecule has 0 radical (unpaired) electrons. The van der Waals surface area contributed by atoms with Gasteiger partial charge in [-0.05, 0) is 31.2 Å². The smallest absolute Gasteiger partial charge is 0.344 e. The summed E-state index contributed by atoms with van der Waals surface area (Å²) < 4.78 is 11.1. The fourth-order valence-electron chi connectivity index (χ4n) is 2.57. The summed E-state index contributed by atoms with van der Waals surface area (Å²) in [5.74, 6) is 0.133. The molecule has 4 rings (SSSR count). The molecule has 0 atom stereocenters. The molecule has 4 aromatic rings. The number of hydrogen-bond acceptors (Lipinski definition) is 7. The Labute approximate surface area is 171 Å². The van der Waals surface area contributed by atoms with Crippen molar-refractivity contribution in [2.24, 2.45) is 0 Å². The van der Waals surface area contributed by atoms with Crippen LogP contribution in [0.3, 0.4) is 0 Å². The van der Waals surface area contributed by atoms with E-state index >= 15 is 0 Å². The van der Waals surface area contributed by atoms with Crippen molar-refractivity contribution in [2.45, 2.75) is 13.5 Å². The third-order valence-electron chi connectivity index (χ3n) is 4.04. The van der Waals surface area contributed by atoms with Gasteiger partial charge in [-0.25, -0.2) is 14.8 Å². The normalized spacial score (nSPS) is 10.5. The lowest BCUT2D eigenvalue weighted by molar-refractivity contribution is 0.0465. The van der Waals surface area contributed by atoms with Crippen LogP contribution in [0.5, 0.6) is 11.6 Å². The third-order valence-corrected chi connectivity index (χ3v) is 4.98. The van der Waals surface area contributed by atoms with Gasteiger partial charge in [-0.15, -0.1) is 11.3 Å². The first-order valence-corrected chi connectivity index (χ1v) is 9.78. The average molecular weight is 403 g/mol. The SMILES string of the molecule is Cc1ccc(-c2nc(COC(=O)c3cccnc3Oc3cccnc3)cs2)cc1. The van der Waals surface area contributed by atoms with E-state index in [0.717, 1.165) is 10.6 Å². The molecule has 0 saturated carbocycles. The molecule has 7 heteroatoms. The number of rotatable bonds is 6. The highest BCUT2D eigenvalue weighted by atomic mass is 32.1. The first-order valence-electron chi connectivity index (χ1n) is 8.90. The number of benzene rings is 1. The van der Waals surface area contributed by atoms with Crippen LogP contribution < -0.4 is 4.74 Å². The first kappa shape index (κ1) is 18.8. The average Bonchev–Trinajstić information content (AvgIpc) is 3.23. The first-order chi connectivity index (χ1) is 14.2. The molecule has 0 aliphatic heterocycles. The highest BCUT2D eigenvalue weighted by Gasteiger charge is 2.17. The fourth-order valence-corrected chi connectivity index (χ4v) is 3.38. The second-order valence-electron chi connectivity index (χ2n) is 6.23. The molecule has 144 valence electrons. The van der Waals surface area contributed by atoms with Crippen molar-refractivity contribution in [2.75, 3.05) is 0 Å². The maximum Gasteiger partial charge on any atom is 0.344 e. The molecule has 0 N–H and O–H groups in total. The predicted octanol–water partition coefficient (Wildman–Crippen LogP) is 5.06. The zero-order chi connectivity index (χ0) is 20.1. The van der Waals surface area contributed by atoms with E-state index in [1.165, 1.54) is 16.9 Å². The predicted molar refractivity (Wildman–Crippen MR) is 110 cm³/mol. The van der Waals surface area contributed by atoms with E-state index in [-0.39, 0.29) is 18.1 Å². The summed E-state index contributed by atoms with van der Waals surface area (Å²) in [6, 6.07) is 14.9. The van der Waals surface area contributed by atoms with Crippen molar-refractivity contribution < 1.29 is 14.3 Å².